The maximum absolute atomic E-state index is 12.9. The van der Waals surface area contributed by atoms with Gasteiger partial charge in [0, 0.05) is 12.1 Å². The van der Waals surface area contributed by atoms with Gasteiger partial charge in [0.15, 0.2) is 0 Å². The van der Waals surface area contributed by atoms with Crippen molar-refractivity contribution in [1.29, 1.82) is 0 Å². The van der Waals surface area contributed by atoms with Crippen LogP contribution in [0.2, 0.25) is 0 Å². The second-order valence-corrected chi connectivity index (χ2v) is 7.43. The van der Waals surface area contributed by atoms with Gasteiger partial charge in [-0.2, -0.15) is 5.10 Å². The number of nitrogens with one attached hydrogen (secondary N) is 1. The third kappa shape index (κ3) is 4.50. The fourth-order valence-electron chi connectivity index (χ4n) is 3.21. The lowest BCUT2D eigenvalue weighted by Crippen LogP contribution is -2.26. The highest BCUT2D eigenvalue weighted by Gasteiger charge is 2.17. The molecule has 1 heterocycles. The molecule has 1 amide bonds. The highest BCUT2D eigenvalue weighted by molar-refractivity contribution is 5.94. The third-order valence-electron chi connectivity index (χ3n) is 5.06. The van der Waals surface area contributed by atoms with Crippen LogP contribution in [0.5, 0.6) is 0 Å². The van der Waals surface area contributed by atoms with E-state index in [0.717, 1.165) is 41.8 Å². The lowest BCUT2D eigenvalue weighted by molar-refractivity contribution is 0.0945. The van der Waals surface area contributed by atoms with Crippen LogP contribution >= 0.6 is 0 Å². The monoisotopic (exact) mass is 375 g/mol. The first kappa shape index (κ1) is 19.9. The second kappa shape index (κ2) is 8.87. The summed E-state index contributed by atoms with van der Waals surface area (Å²) in [4.78, 5) is 12.9. The Hall–Kier alpha value is -2.88. The highest BCUT2D eigenvalue weighted by Crippen LogP contribution is 2.24. The van der Waals surface area contributed by atoms with E-state index in [9.17, 15) is 4.79 Å². The Morgan fingerprint density at radius 3 is 2.54 bits per heavy atom. The van der Waals surface area contributed by atoms with E-state index in [-0.39, 0.29) is 5.91 Å². The molecule has 0 spiro atoms. The number of carbonyl (C=O) groups excluding carboxylic acids is 1. The fourth-order valence-corrected chi connectivity index (χ4v) is 3.21. The van der Waals surface area contributed by atoms with Gasteiger partial charge in [0.05, 0.1) is 11.4 Å². The zero-order valence-corrected chi connectivity index (χ0v) is 17.2. The van der Waals surface area contributed by atoms with E-state index in [4.69, 9.17) is 5.10 Å². The molecule has 0 saturated heterocycles. The molecular weight excluding hydrogens is 346 g/mol. The van der Waals surface area contributed by atoms with Crippen molar-refractivity contribution >= 4 is 5.91 Å². The molecule has 146 valence electrons. The van der Waals surface area contributed by atoms with Crippen molar-refractivity contribution in [3.05, 3.63) is 70.9 Å². The van der Waals surface area contributed by atoms with Crippen LogP contribution in [0.4, 0.5) is 0 Å². The first-order chi connectivity index (χ1) is 13.5. The molecule has 0 saturated carbocycles. The number of hydrogen-bond donors (Lipinski definition) is 1. The SMILES string of the molecule is CCCCCNC(=O)c1cc(-c2ccc(C)c(C)c2)nn1-c1cccc(C)c1. The standard InChI is InChI=1S/C24H29N3O/c1-5-6-7-13-25-24(28)23-16-22(20-12-11-18(3)19(4)15-20)26-27(23)21-10-8-9-17(2)14-21/h8-12,14-16H,5-7,13H2,1-4H3,(H,25,28). The van der Waals surface area contributed by atoms with E-state index in [1.165, 1.54) is 11.1 Å². The van der Waals surface area contributed by atoms with Crippen molar-refractivity contribution < 1.29 is 4.79 Å². The second-order valence-electron chi connectivity index (χ2n) is 7.43. The highest BCUT2D eigenvalue weighted by atomic mass is 16.2. The fraction of sp³-hybridized carbons (Fsp3) is 0.333. The summed E-state index contributed by atoms with van der Waals surface area (Å²) in [7, 11) is 0. The molecule has 28 heavy (non-hydrogen) atoms. The Bertz CT molecular complexity index is 972. The van der Waals surface area contributed by atoms with Crippen molar-refractivity contribution in [1.82, 2.24) is 15.1 Å². The number of amides is 1. The van der Waals surface area contributed by atoms with Crippen LogP contribution < -0.4 is 5.32 Å². The summed E-state index contributed by atoms with van der Waals surface area (Å²) in [6.07, 6.45) is 3.24. The molecule has 2 aromatic carbocycles. The van der Waals surface area contributed by atoms with E-state index in [1.54, 1.807) is 4.68 Å². The van der Waals surface area contributed by atoms with E-state index >= 15 is 0 Å². The molecule has 1 N–H and O–H groups in total. The summed E-state index contributed by atoms with van der Waals surface area (Å²) in [5.74, 6) is -0.0832. The lowest BCUT2D eigenvalue weighted by atomic mass is 10.0. The number of benzene rings is 2. The van der Waals surface area contributed by atoms with Crippen LogP contribution in [-0.4, -0.2) is 22.2 Å². The number of rotatable bonds is 7. The number of carbonyl (C=O) groups is 1. The van der Waals surface area contributed by atoms with Gasteiger partial charge in [-0.05, 0) is 68.1 Å². The summed E-state index contributed by atoms with van der Waals surface area (Å²) in [5, 5.41) is 7.83. The average molecular weight is 376 g/mol. The largest absolute Gasteiger partial charge is 0.351 e. The van der Waals surface area contributed by atoms with Gasteiger partial charge in [-0.3, -0.25) is 4.79 Å². The number of aryl methyl sites for hydroxylation is 3. The van der Waals surface area contributed by atoms with Gasteiger partial charge >= 0.3 is 0 Å². The summed E-state index contributed by atoms with van der Waals surface area (Å²) in [6, 6.07) is 16.2. The van der Waals surface area contributed by atoms with Crippen LogP contribution in [0.1, 0.15) is 53.4 Å². The van der Waals surface area contributed by atoms with Crippen molar-refractivity contribution in [2.45, 2.75) is 47.0 Å². The first-order valence-electron chi connectivity index (χ1n) is 10.0. The van der Waals surface area contributed by atoms with Crippen LogP contribution in [0.3, 0.4) is 0 Å². The number of aromatic nitrogens is 2. The molecule has 0 aliphatic carbocycles. The zero-order valence-electron chi connectivity index (χ0n) is 17.2. The van der Waals surface area contributed by atoms with E-state index in [0.29, 0.717) is 12.2 Å². The van der Waals surface area contributed by atoms with Crippen molar-refractivity contribution in [3.63, 3.8) is 0 Å². The van der Waals surface area contributed by atoms with E-state index in [1.807, 2.05) is 37.3 Å². The normalized spacial score (nSPS) is 10.9. The van der Waals surface area contributed by atoms with Crippen LogP contribution in [0.15, 0.2) is 48.5 Å². The summed E-state index contributed by atoms with van der Waals surface area (Å²) in [5.41, 5.74) is 6.89. The van der Waals surface area contributed by atoms with Crippen molar-refractivity contribution in [2.24, 2.45) is 0 Å². The zero-order chi connectivity index (χ0) is 20.1. The topological polar surface area (TPSA) is 46.9 Å². The van der Waals surface area contributed by atoms with Gasteiger partial charge < -0.3 is 5.32 Å². The predicted octanol–water partition coefficient (Wildman–Crippen LogP) is 5.38. The molecule has 0 aliphatic rings. The van der Waals surface area contributed by atoms with Gasteiger partial charge in [-0.25, -0.2) is 4.68 Å². The lowest BCUT2D eigenvalue weighted by Gasteiger charge is -2.09. The van der Waals surface area contributed by atoms with Crippen LogP contribution in [0, 0.1) is 20.8 Å². The number of nitrogens with zero attached hydrogens (tertiary/aromatic N) is 2. The minimum atomic E-state index is -0.0832. The summed E-state index contributed by atoms with van der Waals surface area (Å²) >= 11 is 0. The molecule has 0 bridgehead atoms. The molecule has 0 aliphatic heterocycles. The molecule has 3 aromatic rings. The van der Waals surface area contributed by atoms with Crippen molar-refractivity contribution in [2.75, 3.05) is 6.54 Å². The first-order valence-corrected chi connectivity index (χ1v) is 10.0. The molecule has 0 atom stereocenters. The van der Waals surface area contributed by atoms with Crippen LogP contribution in [0.25, 0.3) is 16.9 Å². The average Bonchev–Trinajstić information content (AvgIpc) is 3.13. The number of hydrogen-bond acceptors (Lipinski definition) is 2. The smallest absolute Gasteiger partial charge is 0.270 e. The molecule has 4 nitrogen and oxygen atoms in total. The minimum absolute atomic E-state index is 0.0832. The third-order valence-corrected chi connectivity index (χ3v) is 5.06. The van der Waals surface area contributed by atoms with Gasteiger partial charge in [-0.15, -0.1) is 0 Å². The quantitative estimate of drug-likeness (QED) is 0.563. The maximum Gasteiger partial charge on any atom is 0.270 e. The van der Waals surface area contributed by atoms with Gasteiger partial charge in [-0.1, -0.05) is 44.0 Å². The molecule has 3 rings (SSSR count). The van der Waals surface area contributed by atoms with E-state index in [2.05, 4.69) is 44.3 Å². The summed E-state index contributed by atoms with van der Waals surface area (Å²) < 4.78 is 1.76. The Kier molecular flexibility index (Phi) is 6.30. The van der Waals surface area contributed by atoms with Gasteiger partial charge in [0.1, 0.15) is 5.69 Å². The van der Waals surface area contributed by atoms with E-state index < -0.39 is 0 Å². The maximum atomic E-state index is 12.9. The molecule has 0 fully saturated rings. The minimum Gasteiger partial charge on any atom is -0.351 e. The molecule has 0 unspecified atom stereocenters. The Labute approximate surface area is 167 Å². The molecule has 4 heteroatoms. The van der Waals surface area contributed by atoms with Crippen LogP contribution in [-0.2, 0) is 0 Å². The Balaban J connectivity index is 1.99. The molecular formula is C24H29N3O. The van der Waals surface area contributed by atoms with Gasteiger partial charge in [0.25, 0.3) is 5.91 Å². The molecule has 0 radical (unpaired) electrons. The predicted molar refractivity (Wildman–Crippen MR) is 115 cm³/mol. The number of unbranched alkanes of at least 4 members (excludes halogenated alkanes) is 2. The van der Waals surface area contributed by atoms with Gasteiger partial charge in [0.2, 0.25) is 0 Å². The van der Waals surface area contributed by atoms with Crippen molar-refractivity contribution in [3.8, 4) is 16.9 Å². The molecule has 1 aromatic heterocycles. The Morgan fingerprint density at radius 2 is 1.82 bits per heavy atom. The summed E-state index contributed by atoms with van der Waals surface area (Å²) in [6.45, 7) is 9.08. The Morgan fingerprint density at radius 1 is 1.00 bits per heavy atom.